The summed E-state index contributed by atoms with van der Waals surface area (Å²) in [7, 11) is 1.68. The van der Waals surface area contributed by atoms with Crippen LogP contribution in [0.25, 0.3) is 0 Å². The molecule has 0 heterocycles. The van der Waals surface area contributed by atoms with Crippen LogP contribution in [0.4, 0.5) is 0 Å². The number of rotatable bonds is 10. The molecule has 1 atom stereocenters. The van der Waals surface area contributed by atoms with Crippen LogP contribution in [-0.2, 0) is 4.74 Å². The standard InChI is InChI=1S/C16H26IN3O3/c1-3-18-16(19-9-4-10-22-2)20-11-14(21)12-23-15-7-5-13(17)6-8-15/h5-8,14,21H,3-4,9-12H2,1-2H3,(H2,18,19,20). The van der Waals surface area contributed by atoms with Crippen LogP contribution in [0.3, 0.4) is 0 Å². The van der Waals surface area contributed by atoms with Crippen molar-refractivity contribution in [1.29, 1.82) is 0 Å². The Hall–Kier alpha value is -1.06. The lowest BCUT2D eigenvalue weighted by atomic mass is 10.3. The minimum atomic E-state index is -0.649. The summed E-state index contributed by atoms with van der Waals surface area (Å²) in [4.78, 5) is 4.36. The van der Waals surface area contributed by atoms with Gasteiger partial charge in [0.2, 0.25) is 0 Å². The molecule has 23 heavy (non-hydrogen) atoms. The van der Waals surface area contributed by atoms with Crippen molar-refractivity contribution >= 4 is 28.6 Å². The lowest BCUT2D eigenvalue weighted by Gasteiger charge is -2.13. The second-order valence-corrected chi connectivity index (χ2v) is 6.16. The third-order valence-electron chi connectivity index (χ3n) is 2.88. The minimum absolute atomic E-state index is 0.215. The van der Waals surface area contributed by atoms with E-state index in [1.165, 1.54) is 0 Å². The molecule has 7 heteroatoms. The Bertz CT molecular complexity index is 454. The highest BCUT2D eigenvalue weighted by Crippen LogP contribution is 2.13. The van der Waals surface area contributed by atoms with Crippen LogP contribution < -0.4 is 15.4 Å². The van der Waals surface area contributed by atoms with Crippen LogP contribution in [-0.4, -0.2) is 57.1 Å². The van der Waals surface area contributed by atoms with E-state index in [4.69, 9.17) is 9.47 Å². The molecule has 0 fully saturated rings. The third kappa shape index (κ3) is 9.62. The maximum absolute atomic E-state index is 9.98. The van der Waals surface area contributed by atoms with E-state index >= 15 is 0 Å². The first-order chi connectivity index (χ1) is 11.2. The number of hydrogen-bond acceptors (Lipinski definition) is 4. The topological polar surface area (TPSA) is 75.1 Å². The molecule has 1 unspecified atom stereocenters. The molecule has 0 spiro atoms. The fourth-order valence-electron chi connectivity index (χ4n) is 1.74. The molecule has 130 valence electrons. The second kappa shape index (κ2) is 12.4. The van der Waals surface area contributed by atoms with E-state index in [2.05, 4.69) is 38.2 Å². The van der Waals surface area contributed by atoms with Gasteiger partial charge in [-0.25, -0.2) is 0 Å². The highest BCUT2D eigenvalue weighted by Gasteiger charge is 2.06. The number of halogens is 1. The Morgan fingerprint density at radius 2 is 2.04 bits per heavy atom. The quantitative estimate of drug-likeness (QED) is 0.226. The average molecular weight is 435 g/mol. The van der Waals surface area contributed by atoms with Crippen LogP contribution in [0.1, 0.15) is 13.3 Å². The number of hydrogen-bond donors (Lipinski definition) is 3. The number of nitrogens with one attached hydrogen (secondary N) is 2. The van der Waals surface area contributed by atoms with Crippen LogP contribution in [0.2, 0.25) is 0 Å². The van der Waals surface area contributed by atoms with Gasteiger partial charge in [0, 0.05) is 30.4 Å². The van der Waals surface area contributed by atoms with Crippen molar-refractivity contribution in [2.24, 2.45) is 4.99 Å². The summed E-state index contributed by atoms with van der Waals surface area (Å²) < 4.78 is 11.7. The number of nitrogens with zero attached hydrogens (tertiary/aromatic N) is 1. The average Bonchev–Trinajstić information content (AvgIpc) is 2.56. The lowest BCUT2D eigenvalue weighted by molar-refractivity contribution is 0.114. The van der Waals surface area contributed by atoms with E-state index in [1.54, 1.807) is 7.11 Å². The molecule has 0 saturated heterocycles. The summed E-state index contributed by atoms with van der Waals surface area (Å²) in [6.45, 7) is 4.75. The monoisotopic (exact) mass is 435 g/mol. The normalized spacial score (nSPS) is 12.8. The number of aliphatic imine (C=N–C) groups is 1. The van der Waals surface area contributed by atoms with Gasteiger partial charge >= 0.3 is 0 Å². The molecule has 6 nitrogen and oxygen atoms in total. The molecule has 0 aliphatic heterocycles. The number of methoxy groups -OCH3 is 1. The zero-order valence-electron chi connectivity index (χ0n) is 13.7. The molecule has 0 aliphatic carbocycles. The predicted molar refractivity (Wildman–Crippen MR) is 101 cm³/mol. The molecule has 1 aromatic rings. The van der Waals surface area contributed by atoms with Gasteiger partial charge in [-0.15, -0.1) is 0 Å². The zero-order chi connectivity index (χ0) is 16.9. The Labute approximate surface area is 151 Å². The number of aliphatic hydroxyl groups is 1. The van der Waals surface area contributed by atoms with E-state index < -0.39 is 6.10 Å². The lowest BCUT2D eigenvalue weighted by Crippen LogP contribution is -2.39. The zero-order valence-corrected chi connectivity index (χ0v) is 15.9. The maximum atomic E-state index is 9.98. The molecule has 0 radical (unpaired) electrons. The first-order valence-corrected chi connectivity index (χ1v) is 8.81. The highest BCUT2D eigenvalue weighted by molar-refractivity contribution is 14.1. The Kier molecular flexibility index (Phi) is 10.8. The molecule has 0 aliphatic rings. The molecule has 0 bridgehead atoms. The van der Waals surface area contributed by atoms with E-state index in [0.717, 1.165) is 28.8 Å². The van der Waals surface area contributed by atoms with Crippen molar-refractivity contribution < 1.29 is 14.6 Å². The summed E-state index contributed by atoms with van der Waals surface area (Å²) in [6, 6.07) is 7.71. The summed E-state index contributed by atoms with van der Waals surface area (Å²) in [5, 5.41) is 16.3. The Morgan fingerprint density at radius 3 is 2.70 bits per heavy atom. The van der Waals surface area contributed by atoms with Gasteiger partial charge in [0.05, 0.1) is 6.54 Å². The van der Waals surface area contributed by atoms with Crippen molar-refractivity contribution in [3.05, 3.63) is 27.8 Å². The van der Waals surface area contributed by atoms with Gasteiger partial charge in [-0.05, 0) is 60.2 Å². The molecule has 3 N–H and O–H groups in total. The van der Waals surface area contributed by atoms with E-state index in [-0.39, 0.29) is 13.2 Å². The van der Waals surface area contributed by atoms with Crippen LogP contribution in [0.15, 0.2) is 29.3 Å². The molecule has 0 amide bonds. The van der Waals surface area contributed by atoms with Crippen LogP contribution in [0.5, 0.6) is 5.75 Å². The second-order valence-electron chi connectivity index (χ2n) is 4.91. The van der Waals surface area contributed by atoms with Crippen molar-refractivity contribution in [2.75, 3.05) is 40.0 Å². The Morgan fingerprint density at radius 1 is 1.30 bits per heavy atom. The van der Waals surface area contributed by atoms with Crippen molar-refractivity contribution in [3.8, 4) is 5.75 Å². The summed E-state index contributed by atoms with van der Waals surface area (Å²) in [5.41, 5.74) is 0. The first-order valence-electron chi connectivity index (χ1n) is 7.73. The molecule has 0 saturated carbocycles. The molecule has 0 aromatic heterocycles. The summed E-state index contributed by atoms with van der Waals surface area (Å²) in [6.07, 6.45) is 0.253. The smallest absolute Gasteiger partial charge is 0.191 e. The first kappa shape index (κ1) is 20.0. The van der Waals surface area contributed by atoms with Gasteiger partial charge in [-0.3, -0.25) is 4.99 Å². The van der Waals surface area contributed by atoms with Gasteiger partial charge in [0.15, 0.2) is 5.96 Å². The van der Waals surface area contributed by atoms with Crippen molar-refractivity contribution in [2.45, 2.75) is 19.4 Å². The fourth-order valence-corrected chi connectivity index (χ4v) is 2.10. The third-order valence-corrected chi connectivity index (χ3v) is 3.60. The molecular weight excluding hydrogens is 409 g/mol. The fraction of sp³-hybridized carbons (Fsp3) is 0.562. The van der Waals surface area contributed by atoms with Gasteiger partial charge in [-0.2, -0.15) is 0 Å². The van der Waals surface area contributed by atoms with E-state index in [9.17, 15) is 5.11 Å². The number of guanidine groups is 1. The number of benzene rings is 1. The molecule has 1 rings (SSSR count). The van der Waals surface area contributed by atoms with Crippen molar-refractivity contribution in [1.82, 2.24) is 10.6 Å². The highest BCUT2D eigenvalue weighted by atomic mass is 127. The van der Waals surface area contributed by atoms with Gasteiger partial charge in [0.25, 0.3) is 0 Å². The van der Waals surface area contributed by atoms with Crippen LogP contribution in [0, 0.1) is 3.57 Å². The summed E-state index contributed by atoms with van der Waals surface area (Å²) in [5.74, 6) is 1.44. The maximum Gasteiger partial charge on any atom is 0.191 e. The van der Waals surface area contributed by atoms with Crippen molar-refractivity contribution in [3.63, 3.8) is 0 Å². The van der Waals surface area contributed by atoms with E-state index in [1.807, 2.05) is 31.2 Å². The molecule has 1 aromatic carbocycles. The number of ether oxygens (including phenoxy) is 2. The van der Waals surface area contributed by atoms with Gasteiger partial charge in [-0.1, -0.05) is 0 Å². The number of aliphatic hydroxyl groups excluding tert-OH is 1. The largest absolute Gasteiger partial charge is 0.491 e. The molecular formula is C16H26IN3O3. The Balaban J connectivity index is 2.33. The van der Waals surface area contributed by atoms with Crippen LogP contribution >= 0.6 is 22.6 Å². The summed E-state index contributed by atoms with van der Waals surface area (Å²) >= 11 is 2.24. The van der Waals surface area contributed by atoms with Gasteiger partial charge < -0.3 is 25.2 Å². The van der Waals surface area contributed by atoms with Gasteiger partial charge in [0.1, 0.15) is 18.5 Å². The van der Waals surface area contributed by atoms with E-state index in [0.29, 0.717) is 12.6 Å². The SMILES string of the molecule is CCNC(=NCC(O)COc1ccc(I)cc1)NCCCOC. The predicted octanol–water partition coefficient (Wildman–Crippen LogP) is 1.62. The minimum Gasteiger partial charge on any atom is -0.491 e.